The van der Waals surface area contributed by atoms with Crippen molar-refractivity contribution in [3.63, 3.8) is 0 Å². The predicted molar refractivity (Wildman–Crippen MR) is 61.1 cm³/mol. The van der Waals surface area contributed by atoms with Crippen molar-refractivity contribution in [2.75, 3.05) is 5.88 Å². The molecule has 18 heavy (non-hydrogen) atoms. The zero-order chi connectivity index (χ0) is 13.3. The van der Waals surface area contributed by atoms with Crippen LogP contribution in [-0.4, -0.2) is 17.3 Å². The third-order valence-electron chi connectivity index (χ3n) is 3.19. The predicted octanol–water partition coefficient (Wildman–Crippen LogP) is 3.00. The SMILES string of the molecule is O=C(NC1(CCl)CCC1)c1cc(F)c(F)c(F)c1. The zero-order valence-electron chi connectivity index (χ0n) is 9.40. The molecular weight excluding hydrogens is 267 g/mol. The molecule has 1 aliphatic carbocycles. The fraction of sp³-hybridized carbons (Fsp3) is 0.417. The van der Waals surface area contributed by atoms with Crippen molar-refractivity contribution >= 4 is 17.5 Å². The molecule has 1 aromatic rings. The fourth-order valence-corrected chi connectivity index (χ4v) is 2.23. The van der Waals surface area contributed by atoms with Crippen LogP contribution in [0.3, 0.4) is 0 Å². The third kappa shape index (κ3) is 2.32. The van der Waals surface area contributed by atoms with Crippen LogP contribution in [0, 0.1) is 17.5 Å². The first-order valence-electron chi connectivity index (χ1n) is 5.50. The van der Waals surface area contributed by atoms with Crippen LogP contribution < -0.4 is 5.32 Å². The Hall–Kier alpha value is -1.23. The smallest absolute Gasteiger partial charge is 0.251 e. The number of benzene rings is 1. The number of nitrogens with one attached hydrogen (secondary N) is 1. The molecule has 0 aliphatic heterocycles. The lowest BCUT2D eigenvalue weighted by Gasteiger charge is -2.41. The topological polar surface area (TPSA) is 29.1 Å². The summed E-state index contributed by atoms with van der Waals surface area (Å²) in [6, 6.07) is 1.35. The molecule has 1 saturated carbocycles. The van der Waals surface area contributed by atoms with Gasteiger partial charge in [0.2, 0.25) is 0 Å². The van der Waals surface area contributed by atoms with Gasteiger partial charge in [-0.15, -0.1) is 11.6 Å². The maximum absolute atomic E-state index is 13.0. The van der Waals surface area contributed by atoms with Crippen molar-refractivity contribution in [1.82, 2.24) is 5.32 Å². The number of rotatable bonds is 3. The highest BCUT2D eigenvalue weighted by molar-refractivity contribution is 6.19. The van der Waals surface area contributed by atoms with Gasteiger partial charge in [-0.25, -0.2) is 13.2 Å². The summed E-state index contributed by atoms with van der Waals surface area (Å²) in [5, 5.41) is 2.64. The Morgan fingerprint density at radius 3 is 2.22 bits per heavy atom. The molecule has 1 aromatic carbocycles. The number of hydrogen-bond acceptors (Lipinski definition) is 1. The molecule has 2 nitrogen and oxygen atoms in total. The van der Waals surface area contributed by atoms with E-state index in [9.17, 15) is 18.0 Å². The standard InChI is InChI=1S/C12H11ClF3NO/c13-6-12(2-1-3-12)17-11(18)7-4-8(14)10(16)9(15)5-7/h4-5H,1-3,6H2,(H,17,18). The Labute approximate surface area is 107 Å². The highest BCUT2D eigenvalue weighted by Gasteiger charge is 2.37. The van der Waals surface area contributed by atoms with Gasteiger partial charge in [-0.1, -0.05) is 0 Å². The van der Waals surface area contributed by atoms with Crippen molar-refractivity contribution in [2.45, 2.75) is 24.8 Å². The van der Waals surface area contributed by atoms with Crippen LogP contribution in [0.2, 0.25) is 0 Å². The summed E-state index contributed by atoms with van der Waals surface area (Å²) in [5.41, 5.74) is -0.747. The first-order chi connectivity index (χ1) is 8.47. The van der Waals surface area contributed by atoms with Gasteiger partial charge < -0.3 is 5.32 Å². The van der Waals surface area contributed by atoms with Crippen LogP contribution in [0.15, 0.2) is 12.1 Å². The second kappa shape index (κ2) is 4.80. The number of alkyl halides is 1. The van der Waals surface area contributed by atoms with Crippen molar-refractivity contribution < 1.29 is 18.0 Å². The van der Waals surface area contributed by atoms with Crippen LogP contribution in [0.1, 0.15) is 29.6 Å². The van der Waals surface area contributed by atoms with Crippen LogP contribution in [0.25, 0.3) is 0 Å². The van der Waals surface area contributed by atoms with Gasteiger partial charge in [0.15, 0.2) is 17.5 Å². The lowest BCUT2D eigenvalue weighted by atomic mass is 9.78. The Morgan fingerprint density at radius 1 is 1.28 bits per heavy atom. The highest BCUT2D eigenvalue weighted by atomic mass is 35.5. The maximum Gasteiger partial charge on any atom is 0.251 e. The Balaban J connectivity index is 2.19. The number of carbonyl (C=O) groups is 1. The Morgan fingerprint density at radius 2 is 1.83 bits per heavy atom. The second-order valence-corrected chi connectivity index (χ2v) is 4.74. The average Bonchev–Trinajstić information content (AvgIpc) is 2.29. The lowest BCUT2D eigenvalue weighted by molar-refractivity contribution is 0.0852. The van der Waals surface area contributed by atoms with Crippen LogP contribution in [0.5, 0.6) is 0 Å². The molecule has 0 heterocycles. The molecule has 0 spiro atoms. The molecule has 0 unspecified atom stereocenters. The number of amides is 1. The van der Waals surface area contributed by atoms with Gasteiger partial charge in [0, 0.05) is 11.4 Å². The van der Waals surface area contributed by atoms with Gasteiger partial charge in [-0.2, -0.15) is 0 Å². The Bertz CT molecular complexity index is 460. The molecule has 98 valence electrons. The first-order valence-corrected chi connectivity index (χ1v) is 6.04. The van der Waals surface area contributed by atoms with E-state index in [4.69, 9.17) is 11.6 Å². The van der Waals surface area contributed by atoms with Crippen molar-refractivity contribution in [2.24, 2.45) is 0 Å². The summed E-state index contributed by atoms with van der Waals surface area (Å²) in [6.45, 7) is 0. The second-order valence-electron chi connectivity index (χ2n) is 4.48. The molecule has 1 amide bonds. The van der Waals surface area contributed by atoms with Crippen molar-refractivity contribution in [1.29, 1.82) is 0 Å². The van der Waals surface area contributed by atoms with Gasteiger partial charge in [-0.05, 0) is 31.4 Å². The molecule has 0 atom stereocenters. The number of halogens is 4. The maximum atomic E-state index is 13.0. The van der Waals surface area contributed by atoms with Crippen LogP contribution >= 0.6 is 11.6 Å². The minimum absolute atomic E-state index is 0.241. The van der Waals surface area contributed by atoms with Gasteiger partial charge in [0.05, 0.1) is 5.54 Å². The monoisotopic (exact) mass is 277 g/mol. The molecule has 0 aromatic heterocycles. The summed E-state index contributed by atoms with van der Waals surface area (Å²) in [5.74, 6) is -4.75. The molecule has 0 saturated heterocycles. The molecule has 2 rings (SSSR count). The van der Waals surface area contributed by atoms with Gasteiger partial charge in [0.25, 0.3) is 5.91 Å². The first kappa shape index (κ1) is 13.2. The van der Waals surface area contributed by atoms with Gasteiger partial charge >= 0.3 is 0 Å². The largest absolute Gasteiger partial charge is 0.345 e. The fourth-order valence-electron chi connectivity index (χ4n) is 1.90. The molecule has 6 heteroatoms. The van der Waals surface area contributed by atoms with E-state index < -0.39 is 28.9 Å². The molecular formula is C12H11ClF3NO. The van der Waals surface area contributed by atoms with E-state index >= 15 is 0 Å². The van der Waals surface area contributed by atoms with E-state index in [1.54, 1.807) is 0 Å². The van der Waals surface area contributed by atoms with E-state index in [2.05, 4.69) is 5.32 Å². The Kier molecular flexibility index (Phi) is 3.52. The summed E-state index contributed by atoms with van der Waals surface area (Å²) >= 11 is 5.76. The minimum Gasteiger partial charge on any atom is -0.345 e. The van der Waals surface area contributed by atoms with Crippen LogP contribution in [-0.2, 0) is 0 Å². The minimum atomic E-state index is -1.58. The van der Waals surface area contributed by atoms with Gasteiger partial charge in [-0.3, -0.25) is 4.79 Å². The van der Waals surface area contributed by atoms with E-state index in [1.165, 1.54) is 0 Å². The molecule has 1 aliphatic rings. The van der Waals surface area contributed by atoms with E-state index in [0.29, 0.717) is 12.1 Å². The van der Waals surface area contributed by atoms with E-state index in [0.717, 1.165) is 19.3 Å². The summed E-state index contributed by atoms with van der Waals surface area (Å²) < 4.78 is 38.7. The normalized spacial score (nSPS) is 17.1. The summed E-state index contributed by atoms with van der Waals surface area (Å²) in [7, 11) is 0. The number of carbonyl (C=O) groups excluding carboxylic acids is 1. The molecule has 0 bridgehead atoms. The third-order valence-corrected chi connectivity index (χ3v) is 3.70. The van der Waals surface area contributed by atoms with E-state index in [1.807, 2.05) is 0 Å². The summed E-state index contributed by atoms with van der Waals surface area (Å²) in [4.78, 5) is 11.8. The van der Waals surface area contributed by atoms with Crippen molar-refractivity contribution in [3.05, 3.63) is 35.1 Å². The van der Waals surface area contributed by atoms with Crippen LogP contribution in [0.4, 0.5) is 13.2 Å². The average molecular weight is 278 g/mol. The van der Waals surface area contributed by atoms with E-state index in [-0.39, 0.29) is 11.4 Å². The molecule has 0 radical (unpaired) electrons. The summed E-state index contributed by atoms with van der Waals surface area (Å²) in [6.07, 6.45) is 2.40. The quantitative estimate of drug-likeness (QED) is 0.668. The molecule has 1 fully saturated rings. The molecule has 1 N–H and O–H groups in total. The number of hydrogen-bond donors (Lipinski definition) is 1. The lowest BCUT2D eigenvalue weighted by Crippen LogP contribution is -2.55. The van der Waals surface area contributed by atoms with Crippen molar-refractivity contribution in [3.8, 4) is 0 Å². The highest BCUT2D eigenvalue weighted by Crippen LogP contribution is 2.33. The van der Waals surface area contributed by atoms with Gasteiger partial charge in [0.1, 0.15) is 0 Å². The zero-order valence-corrected chi connectivity index (χ0v) is 10.2.